The molecule has 2 amide bonds. The van der Waals surface area contributed by atoms with Crippen molar-refractivity contribution in [1.82, 2.24) is 10.6 Å². The first-order valence-electron chi connectivity index (χ1n) is 59.3. The Morgan fingerprint density at radius 1 is 0.205 bits per heavy atom. The van der Waals surface area contributed by atoms with Gasteiger partial charge in [0.05, 0.1) is 6.54 Å². The minimum atomic E-state index is -4.10. The third-order valence-electron chi connectivity index (χ3n) is 26.8. The molecule has 12 saturated heterocycles. The highest BCUT2D eigenvalue weighted by atomic mass is 28.6. The van der Waals surface area contributed by atoms with Crippen molar-refractivity contribution >= 4 is 153 Å². The van der Waals surface area contributed by atoms with Crippen LogP contribution in [-0.2, 0) is 104 Å². The standard InChI is InChI=1S/C50H108N2O13Si8.C31H71NO12Si8.C19H37NO/c1-16-17-18-19-20-21-22-23-24-25-26-27-28-29-30-31-33-51-50(53)52-34-32-35-66-54-67(36-43(2)3)57-70(39-46(8)9)59-68(55-66,37-44(4)5)61-72(41-48(12)13)62-69(56-66,38-45(6)7)60-71(58-67,40-47(10)11)64-73(63-70,65-72)42-49(14)15;1-25(2)18-46-33-45(17-15-16-32)34-47(19-26(3)4)38-49(36-46,21-28(7)8)42-52(24-31(13)14)43-50(37-46,22-29(9)10)39-48(35-45,20-27(5)6)41-51(40-47,44-52)23-30(11)12;1-2-3-4-5-6-7-8-9-10-11-12-13-14-15-16-17-18-20-19-21/h43-49H,16-42H2,1-15H3,(H2,51,52,53);25-31H,15-24,32H2,1-14H3;2-18H2,1H3. The number of nitrogens with one attached hydrogen (secondary N) is 2. The van der Waals surface area contributed by atoms with Crippen molar-refractivity contribution in [2.24, 2.45) is 93.6 Å². The highest BCUT2D eigenvalue weighted by Crippen LogP contribution is 2.60. The second-order valence-corrected chi connectivity index (χ2v) is 98.7. The molecule has 0 aromatic heterocycles. The van der Waals surface area contributed by atoms with Gasteiger partial charge in [-0.3, -0.25) is 0 Å². The predicted octanol–water partition coefficient (Wildman–Crippen LogP) is 28.6. The summed E-state index contributed by atoms with van der Waals surface area (Å²) in [5.41, 5.74) is 6.26. The third kappa shape index (κ3) is 42.9. The van der Waals surface area contributed by atoms with Gasteiger partial charge in [0.1, 0.15) is 0 Å². The van der Waals surface area contributed by atoms with Crippen LogP contribution in [0.5, 0.6) is 0 Å². The van der Waals surface area contributed by atoms with Crippen molar-refractivity contribution in [2.45, 2.75) is 523 Å². The molecule has 0 unspecified atom stereocenters. The lowest BCUT2D eigenvalue weighted by Crippen LogP contribution is -2.88. The topological polar surface area (TPSA) is 318 Å². The Balaban J connectivity index is 0.000000308. The fourth-order valence-electron chi connectivity index (χ4n) is 22.3. The van der Waals surface area contributed by atoms with Gasteiger partial charge in [0.15, 0.2) is 0 Å². The largest absolute Gasteiger partial charge is 0.479 e. The number of nitrogens with two attached hydrogens (primary N) is 1. The van der Waals surface area contributed by atoms with Crippen molar-refractivity contribution in [2.75, 3.05) is 26.2 Å². The molecular weight excluding hydrogens is 2120 g/mol. The van der Waals surface area contributed by atoms with Crippen LogP contribution in [0, 0.1) is 82.9 Å². The molecule has 0 radical (unpaired) electrons. The van der Waals surface area contributed by atoms with Crippen molar-refractivity contribution in [3.8, 4) is 0 Å². The average Bonchev–Trinajstić information content (AvgIpc) is 0.686. The average molecular weight is 2340 g/mol. The van der Waals surface area contributed by atoms with Crippen LogP contribution in [0.15, 0.2) is 4.99 Å². The smallest absolute Gasteiger partial charge is 0.373 e. The molecule has 0 saturated carbocycles. The summed E-state index contributed by atoms with van der Waals surface area (Å²) in [5.74, 6) is 1.59. The summed E-state index contributed by atoms with van der Waals surface area (Å²) in [6, 6.07) is 7.22. The Labute approximate surface area is 907 Å². The summed E-state index contributed by atoms with van der Waals surface area (Å²) in [6.45, 7) is 67.3. The van der Waals surface area contributed by atoms with Crippen molar-refractivity contribution in [3.63, 3.8) is 0 Å². The van der Waals surface area contributed by atoms with Gasteiger partial charge in [-0.25, -0.2) is 14.6 Å². The number of nitrogens with zero attached hydrogens (tertiary/aromatic N) is 1. The highest BCUT2D eigenvalue weighted by molar-refractivity contribution is 7.05. The Morgan fingerprint density at radius 3 is 0.493 bits per heavy atom. The van der Waals surface area contributed by atoms with Crippen LogP contribution in [0.25, 0.3) is 0 Å². The van der Waals surface area contributed by atoms with E-state index in [0.717, 1.165) is 19.3 Å². The molecule has 146 heavy (non-hydrogen) atoms. The van der Waals surface area contributed by atoms with E-state index in [1.54, 1.807) is 6.08 Å². The Morgan fingerprint density at radius 2 is 0.342 bits per heavy atom. The monoisotopic (exact) mass is 2340 g/mol. The van der Waals surface area contributed by atoms with Crippen molar-refractivity contribution < 1.29 is 108 Å². The number of amides is 2. The van der Waals surface area contributed by atoms with Crippen LogP contribution in [-0.4, -0.2) is 179 Å². The number of unbranched alkanes of at least 4 members (excludes halogenated alkanes) is 30. The van der Waals surface area contributed by atoms with Crippen LogP contribution in [0.3, 0.4) is 0 Å². The van der Waals surface area contributed by atoms with Gasteiger partial charge in [-0.05, 0) is 115 Å². The highest BCUT2D eigenvalue weighted by Gasteiger charge is 2.87. The fraction of sp³-hybridized carbons (Fsp3) is 0.980. The molecule has 0 aliphatic carbocycles. The quantitative estimate of drug-likeness (QED) is 0.0220. The first-order valence-corrected chi connectivity index (χ1v) is 90.2. The van der Waals surface area contributed by atoms with Gasteiger partial charge in [0.2, 0.25) is 6.08 Å². The van der Waals surface area contributed by atoms with E-state index in [2.05, 4.69) is 223 Å². The number of rotatable bonds is 69. The molecule has 0 atom stereocenters. The maximum atomic E-state index is 13.3. The number of urea groups is 1. The normalized spacial score (nSPS) is 33.0. The van der Waals surface area contributed by atoms with Gasteiger partial charge >= 0.3 is 147 Å². The predicted molar refractivity (Wildman–Crippen MR) is 615 cm³/mol. The van der Waals surface area contributed by atoms with E-state index < -0.39 is 141 Å². The molecule has 30 nitrogen and oxygen atoms in total. The van der Waals surface area contributed by atoms with Gasteiger partial charge in [0, 0.05) is 110 Å². The third-order valence-corrected chi connectivity index (χ3v) is 107. The molecule has 856 valence electrons. The van der Waals surface area contributed by atoms with E-state index in [0.29, 0.717) is 136 Å². The van der Waals surface area contributed by atoms with E-state index >= 15 is 0 Å². The summed E-state index contributed by atoms with van der Waals surface area (Å²) in [6.07, 6.45) is 45.8. The summed E-state index contributed by atoms with van der Waals surface area (Å²) >= 11 is 0. The van der Waals surface area contributed by atoms with E-state index in [9.17, 15) is 9.59 Å². The minimum Gasteiger partial charge on any atom is -0.373 e. The van der Waals surface area contributed by atoms with Gasteiger partial charge in [-0.15, -0.1) is 0 Å². The van der Waals surface area contributed by atoms with Gasteiger partial charge in [0.25, 0.3) is 0 Å². The maximum absolute atomic E-state index is 13.3. The molecule has 12 rings (SSSR count). The van der Waals surface area contributed by atoms with E-state index in [1.807, 2.05) is 0 Å². The van der Waals surface area contributed by atoms with Crippen LogP contribution in [0.2, 0.25) is 96.7 Å². The molecule has 16 bridgehead atoms. The van der Waals surface area contributed by atoms with E-state index in [4.69, 9.17) is 104 Å². The number of hydrogen-bond acceptors (Lipinski definition) is 28. The zero-order chi connectivity index (χ0) is 108. The number of isocyanates is 1. The van der Waals surface area contributed by atoms with Crippen LogP contribution in [0.4, 0.5) is 4.79 Å². The number of carbonyl (C=O) groups is 1. The zero-order valence-corrected chi connectivity index (χ0v) is 114. The van der Waals surface area contributed by atoms with Gasteiger partial charge < -0.3 is 115 Å². The Hall–Kier alpha value is 1.12. The lowest BCUT2D eigenvalue weighted by atomic mass is 10.0. The summed E-state index contributed by atoms with van der Waals surface area (Å²) in [7, 11) is -63.0. The molecule has 4 N–H and O–H groups in total. The second-order valence-electron chi connectivity index (χ2n) is 50.5. The molecular formula is C100H216N4O26Si16. The van der Waals surface area contributed by atoms with Crippen molar-refractivity contribution in [3.05, 3.63) is 0 Å². The lowest BCUT2D eigenvalue weighted by molar-refractivity contribution is -0.0396. The van der Waals surface area contributed by atoms with Crippen LogP contribution in [0.1, 0.15) is 426 Å². The molecule has 0 aromatic rings. The van der Waals surface area contributed by atoms with E-state index in [1.165, 1.54) is 186 Å². The van der Waals surface area contributed by atoms with Crippen LogP contribution >= 0.6 is 0 Å². The van der Waals surface area contributed by atoms with Crippen molar-refractivity contribution in [1.29, 1.82) is 0 Å². The molecule has 0 spiro atoms. The molecule has 12 aliphatic rings. The van der Waals surface area contributed by atoms with Crippen LogP contribution < -0.4 is 16.4 Å². The Kier molecular flexibility index (Phi) is 55.5. The molecule has 46 heteroatoms. The second kappa shape index (κ2) is 61.3. The first-order chi connectivity index (χ1) is 68.7. The maximum Gasteiger partial charge on any atom is 0.479 e. The molecule has 12 heterocycles. The number of hydrogen-bond donors (Lipinski definition) is 3. The summed E-state index contributed by atoms with van der Waals surface area (Å²) < 4.78 is 187. The molecule has 0 aromatic carbocycles. The lowest BCUT2D eigenvalue weighted by Gasteiger charge is -2.64. The summed E-state index contributed by atoms with van der Waals surface area (Å²) in [5, 5.41) is 6.26. The minimum absolute atomic E-state index is 0.0801. The number of aliphatic imine (C=N–C) groups is 1. The molecule has 12 aliphatic heterocycles. The van der Waals surface area contributed by atoms with Gasteiger partial charge in [-0.2, -0.15) is 0 Å². The Bertz CT molecular complexity index is 3470. The van der Waals surface area contributed by atoms with Gasteiger partial charge in [-0.1, -0.05) is 400 Å². The van der Waals surface area contributed by atoms with E-state index in [-0.39, 0.29) is 88.9 Å². The fourth-order valence-corrected chi connectivity index (χ4v) is 125. The number of carbonyl (C=O) groups excluding carboxylic acids is 2. The zero-order valence-electron chi connectivity index (χ0n) is 97.9. The summed E-state index contributed by atoms with van der Waals surface area (Å²) in [4.78, 5) is 26.8. The molecule has 12 fully saturated rings. The SMILES string of the molecule is CC(C)C[Si]12O[Si]3(CCCN)O[Si]4(CC(C)C)O[Si](CC(C)C)(O1)O[Si]1(CC(C)C)O[Si](CC(C)C)(O2)O[Si](CC(C)C)(O3)O[Si](CC(C)C)(O4)O1.CCCCCCCCCCCCCCCCCCN=C=O.CCCCCCCCCCCCCCCCCCNC(=O)NCCC[Si]12O[Si]3(CC(C)C)O[Si]4(CC(C)C)O[Si](CC(C)C)(O1)O[Si]1(CC(C)C)O[Si](CC(C)C)(O2)O[Si](CC(C)C)(O3)O[Si](CC(C)C)(O4)O1. The first kappa shape index (κ1) is 132.